The number of benzene rings is 2. The zero-order chi connectivity index (χ0) is 19.3. The minimum atomic E-state index is -3.49. The fourth-order valence-electron chi connectivity index (χ4n) is 2.49. The fourth-order valence-corrected chi connectivity index (χ4v) is 3.07. The average molecular weight is 378 g/mol. The maximum atomic E-state index is 12.8. The molecule has 0 fully saturated rings. The summed E-state index contributed by atoms with van der Waals surface area (Å²) in [5.41, 5.74) is 1.38. The molecule has 0 saturated carbocycles. The molecule has 0 unspecified atom stereocenters. The van der Waals surface area contributed by atoms with Crippen LogP contribution >= 0.6 is 0 Å². The molecule has 1 amide bonds. The Hall–Kier alpha value is -2.74. The van der Waals surface area contributed by atoms with Gasteiger partial charge in [-0.05, 0) is 29.8 Å². The predicted octanol–water partition coefficient (Wildman–Crippen LogP) is 2.35. The number of hydrogen-bond acceptors (Lipinski definition) is 5. The van der Waals surface area contributed by atoms with Gasteiger partial charge in [0.1, 0.15) is 0 Å². The molecule has 0 bridgehead atoms. The molecule has 140 valence electrons. The van der Waals surface area contributed by atoms with Crippen molar-refractivity contribution in [2.45, 2.75) is 6.54 Å². The molecule has 1 N–H and O–H groups in total. The van der Waals surface area contributed by atoms with E-state index in [1.165, 1.54) is 4.90 Å². The molecule has 7 nitrogen and oxygen atoms in total. The lowest BCUT2D eigenvalue weighted by Gasteiger charge is -2.20. The van der Waals surface area contributed by atoms with Crippen molar-refractivity contribution >= 4 is 21.6 Å². The number of carbonyl (C=O) groups is 1. The van der Waals surface area contributed by atoms with Crippen molar-refractivity contribution in [2.75, 3.05) is 32.2 Å². The first kappa shape index (κ1) is 19.6. The van der Waals surface area contributed by atoms with Crippen molar-refractivity contribution < 1.29 is 22.7 Å². The lowest BCUT2D eigenvalue weighted by molar-refractivity contribution is 0.0786. The number of amides is 1. The topological polar surface area (TPSA) is 84.9 Å². The van der Waals surface area contributed by atoms with E-state index in [0.29, 0.717) is 18.0 Å². The average Bonchev–Trinajstić information content (AvgIpc) is 2.60. The highest BCUT2D eigenvalue weighted by Crippen LogP contribution is 2.28. The van der Waals surface area contributed by atoms with Crippen molar-refractivity contribution in [1.29, 1.82) is 0 Å². The Labute approximate surface area is 153 Å². The summed E-state index contributed by atoms with van der Waals surface area (Å²) in [6, 6.07) is 11.9. The Morgan fingerprint density at radius 3 is 2.35 bits per heavy atom. The molecule has 2 aromatic rings. The van der Waals surface area contributed by atoms with Crippen molar-refractivity contribution in [3.8, 4) is 11.5 Å². The molecule has 2 rings (SSSR count). The number of nitrogens with zero attached hydrogens (tertiary/aromatic N) is 1. The number of anilines is 1. The number of hydrogen-bond donors (Lipinski definition) is 1. The summed E-state index contributed by atoms with van der Waals surface area (Å²) in [7, 11) is 1.26. The van der Waals surface area contributed by atoms with E-state index in [4.69, 9.17) is 9.47 Å². The Kier molecular flexibility index (Phi) is 6.10. The molecule has 0 aliphatic carbocycles. The van der Waals surface area contributed by atoms with Gasteiger partial charge in [-0.3, -0.25) is 9.52 Å². The van der Waals surface area contributed by atoms with Crippen molar-refractivity contribution in [3.63, 3.8) is 0 Å². The van der Waals surface area contributed by atoms with Gasteiger partial charge in [0.15, 0.2) is 11.5 Å². The summed E-state index contributed by atoms with van der Waals surface area (Å²) in [6.45, 7) is 0.326. The molecule has 0 atom stereocenters. The van der Waals surface area contributed by atoms with Gasteiger partial charge in [-0.1, -0.05) is 18.2 Å². The largest absolute Gasteiger partial charge is 0.493 e. The molecule has 0 heterocycles. The van der Waals surface area contributed by atoms with Crippen LogP contribution in [-0.4, -0.2) is 46.7 Å². The lowest BCUT2D eigenvalue weighted by atomic mass is 10.1. The highest BCUT2D eigenvalue weighted by Gasteiger charge is 2.18. The number of sulfonamides is 1. The minimum absolute atomic E-state index is 0.249. The second kappa shape index (κ2) is 8.09. The molecule has 0 aliphatic rings. The van der Waals surface area contributed by atoms with E-state index in [1.807, 2.05) is 6.07 Å². The van der Waals surface area contributed by atoms with Gasteiger partial charge in [0.2, 0.25) is 10.0 Å². The Balaban J connectivity index is 2.23. The third kappa shape index (κ3) is 4.89. The second-order valence-electron chi connectivity index (χ2n) is 5.77. The van der Waals surface area contributed by atoms with Crippen LogP contribution in [0.5, 0.6) is 11.5 Å². The summed E-state index contributed by atoms with van der Waals surface area (Å²) in [6.07, 6.45) is 1.04. The van der Waals surface area contributed by atoms with Crippen LogP contribution in [0.4, 0.5) is 5.69 Å². The first-order chi connectivity index (χ1) is 12.2. The summed E-state index contributed by atoms with van der Waals surface area (Å²) < 4.78 is 35.9. The zero-order valence-corrected chi connectivity index (χ0v) is 16.0. The number of ether oxygens (including phenoxy) is 2. The van der Waals surface area contributed by atoms with E-state index >= 15 is 0 Å². The van der Waals surface area contributed by atoms with Gasteiger partial charge in [-0.15, -0.1) is 0 Å². The van der Waals surface area contributed by atoms with E-state index in [2.05, 4.69) is 4.72 Å². The Bertz CT molecular complexity index is 896. The number of carbonyl (C=O) groups excluding carboxylic acids is 1. The van der Waals surface area contributed by atoms with Crippen LogP contribution in [0.3, 0.4) is 0 Å². The van der Waals surface area contributed by atoms with Crippen LogP contribution in [0.15, 0.2) is 42.5 Å². The first-order valence-corrected chi connectivity index (χ1v) is 9.67. The number of rotatable bonds is 7. The molecule has 0 saturated heterocycles. The third-order valence-corrected chi connectivity index (χ3v) is 4.26. The highest BCUT2D eigenvalue weighted by atomic mass is 32.2. The van der Waals surface area contributed by atoms with Crippen molar-refractivity contribution in [1.82, 2.24) is 4.90 Å². The van der Waals surface area contributed by atoms with Gasteiger partial charge in [-0.2, -0.15) is 0 Å². The summed E-state index contributed by atoms with van der Waals surface area (Å²) in [4.78, 5) is 14.3. The first-order valence-electron chi connectivity index (χ1n) is 7.78. The molecule has 2 aromatic carbocycles. The maximum Gasteiger partial charge on any atom is 0.256 e. The molecule has 0 aromatic heterocycles. The van der Waals surface area contributed by atoms with Gasteiger partial charge in [0, 0.05) is 13.6 Å². The molecular weight excluding hydrogens is 356 g/mol. The second-order valence-corrected chi connectivity index (χ2v) is 7.52. The van der Waals surface area contributed by atoms with Gasteiger partial charge in [-0.25, -0.2) is 8.42 Å². The molecule has 0 spiro atoms. The summed E-state index contributed by atoms with van der Waals surface area (Å²) in [5, 5.41) is 0. The van der Waals surface area contributed by atoms with E-state index < -0.39 is 10.0 Å². The van der Waals surface area contributed by atoms with Crippen LogP contribution in [-0.2, 0) is 16.6 Å². The number of nitrogens with one attached hydrogen (secondary N) is 1. The molecule has 8 heteroatoms. The Morgan fingerprint density at radius 2 is 1.73 bits per heavy atom. The minimum Gasteiger partial charge on any atom is -0.493 e. The van der Waals surface area contributed by atoms with Gasteiger partial charge < -0.3 is 14.4 Å². The van der Waals surface area contributed by atoms with Crippen molar-refractivity contribution in [2.24, 2.45) is 0 Å². The van der Waals surface area contributed by atoms with Crippen LogP contribution in [0.25, 0.3) is 0 Å². The normalized spacial score (nSPS) is 10.9. The standard InChI is InChI=1S/C18H22N2O5S/c1-20(12-13-9-10-16(24-2)17(11-13)25-3)18(21)14-7-5-6-8-15(14)19-26(4,22)23/h5-11,19H,12H2,1-4H3. The number of methoxy groups -OCH3 is 2. The van der Waals surface area contributed by atoms with E-state index in [9.17, 15) is 13.2 Å². The smallest absolute Gasteiger partial charge is 0.256 e. The SMILES string of the molecule is COc1ccc(CN(C)C(=O)c2ccccc2NS(C)(=O)=O)cc1OC. The predicted molar refractivity (Wildman–Crippen MR) is 100 cm³/mol. The van der Waals surface area contributed by atoms with Crippen LogP contribution in [0.1, 0.15) is 15.9 Å². The summed E-state index contributed by atoms with van der Waals surface area (Å²) in [5.74, 6) is 0.879. The van der Waals surface area contributed by atoms with E-state index in [1.54, 1.807) is 57.7 Å². The zero-order valence-electron chi connectivity index (χ0n) is 15.1. The Morgan fingerprint density at radius 1 is 1.08 bits per heavy atom. The monoisotopic (exact) mass is 378 g/mol. The quantitative estimate of drug-likeness (QED) is 0.799. The fraction of sp³-hybridized carbons (Fsp3) is 0.278. The molecule has 0 aliphatic heterocycles. The van der Waals surface area contributed by atoms with Crippen LogP contribution < -0.4 is 14.2 Å². The van der Waals surface area contributed by atoms with Gasteiger partial charge in [0.25, 0.3) is 5.91 Å². The third-order valence-electron chi connectivity index (χ3n) is 3.67. The molecule has 0 radical (unpaired) electrons. The highest BCUT2D eigenvalue weighted by molar-refractivity contribution is 7.92. The van der Waals surface area contributed by atoms with Crippen molar-refractivity contribution in [3.05, 3.63) is 53.6 Å². The maximum absolute atomic E-state index is 12.8. The molecular formula is C18H22N2O5S. The van der Waals surface area contributed by atoms with E-state index in [0.717, 1.165) is 11.8 Å². The van der Waals surface area contributed by atoms with E-state index in [-0.39, 0.29) is 17.2 Å². The molecule has 26 heavy (non-hydrogen) atoms. The van der Waals surface area contributed by atoms with Gasteiger partial charge in [0.05, 0.1) is 31.7 Å². The van der Waals surface area contributed by atoms with Crippen LogP contribution in [0.2, 0.25) is 0 Å². The van der Waals surface area contributed by atoms with Gasteiger partial charge >= 0.3 is 0 Å². The summed E-state index contributed by atoms with van der Waals surface area (Å²) >= 11 is 0. The lowest BCUT2D eigenvalue weighted by Crippen LogP contribution is -2.27. The van der Waals surface area contributed by atoms with Crippen LogP contribution in [0, 0.1) is 0 Å². The number of para-hydroxylation sites is 1.